The van der Waals surface area contributed by atoms with E-state index in [4.69, 9.17) is 0 Å². The first-order chi connectivity index (χ1) is 10.2. The van der Waals surface area contributed by atoms with Crippen LogP contribution in [0.25, 0.3) is 0 Å². The molecule has 2 amide bonds. The summed E-state index contributed by atoms with van der Waals surface area (Å²) in [6, 6.07) is 2.99. The van der Waals surface area contributed by atoms with Crippen molar-refractivity contribution in [3.8, 4) is 0 Å². The van der Waals surface area contributed by atoms with Crippen LogP contribution in [0, 0.1) is 0 Å². The van der Waals surface area contributed by atoms with Crippen LogP contribution in [0.2, 0.25) is 0 Å². The number of carbonyl (C=O) groups excluding carboxylic acids is 1. The van der Waals surface area contributed by atoms with Gasteiger partial charge in [0.1, 0.15) is 0 Å². The summed E-state index contributed by atoms with van der Waals surface area (Å²) in [4.78, 5) is 14.5. The van der Waals surface area contributed by atoms with Crippen molar-refractivity contribution in [1.29, 1.82) is 0 Å². The minimum absolute atomic E-state index is 0.134. The highest BCUT2D eigenvalue weighted by Crippen LogP contribution is 2.30. The molecule has 0 bridgehead atoms. The molecule has 0 aliphatic rings. The van der Waals surface area contributed by atoms with Crippen LogP contribution >= 0.6 is 11.3 Å². The Kier molecular flexibility index (Phi) is 4.37. The minimum Gasteiger partial charge on any atom is -0.308 e. The number of nitrogens with zero attached hydrogens (tertiary/aromatic N) is 1. The highest BCUT2D eigenvalue weighted by Gasteiger charge is 2.46. The zero-order chi connectivity index (χ0) is 16.4. The Morgan fingerprint density at radius 2 is 1.77 bits per heavy atom. The summed E-state index contributed by atoms with van der Waals surface area (Å²) in [7, 11) is -5.40. The molecule has 0 saturated heterocycles. The fourth-order valence-corrected chi connectivity index (χ4v) is 2.68. The molecular weight excluding hydrogens is 343 g/mol. The lowest BCUT2D eigenvalue weighted by atomic mass is 10.3. The third-order valence-corrected chi connectivity index (χ3v) is 4.57. The second kappa shape index (κ2) is 5.93. The van der Waals surface area contributed by atoms with E-state index in [1.165, 1.54) is 17.5 Å². The zero-order valence-electron chi connectivity index (χ0n) is 10.6. The van der Waals surface area contributed by atoms with Gasteiger partial charge in [-0.2, -0.15) is 13.2 Å². The Balaban J connectivity index is 2.08. The first kappa shape index (κ1) is 16.2. The number of hydrogen-bond acceptors (Lipinski definition) is 5. The van der Waals surface area contributed by atoms with Crippen LogP contribution < -0.4 is 10.6 Å². The maximum atomic E-state index is 12.4. The van der Waals surface area contributed by atoms with E-state index in [1.54, 1.807) is 5.38 Å². The summed E-state index contributed by atoms with van der Waals surface area (Å²) in [6.07, 6.45) is 1.48. The molecule has 1 aromatic carbocycles. The Hall–Kier alpha value is -2.14. The van der Waals surface area contributed by atoms with Crippen LogP contribution in [0.15, 0.2) is 40.7 Å². The molecule has 0 aliphatic heterocycles. The lowest BCUT2D eigenvalue weighted by molar-refractivity contribution is -0.0436. The zero-order valence-corrected chi connectivity index (χ0v) is 12.2. The number of amides is 2. The molecule has 1 heterocycles. The summed E-state index contributed by atoms with van der Waals surface area (Å²) < 4.78 is 59.4. The predicted molar refractivity (Wildman–Crippen MR) is 74.4 cm³/mol. The van der Waals surface area contributed by atoms with E-state index in [0.29, 0.717) is 5.13 Å². The first-order valence-electron chi connectivity index (χ1n) is 5.59. The fourth-order valence-electron chi connectivity index (χ4n) is 1.40. The van der Waals surface area contributed by atoms with Crippen molar-refractivity contribution in [1.82, 2.24) is 4.98 Å². The van der Waals surface area contributed by atoms with Gasteiger partial charge < -0.3 is 5.32 Å². The summed E-state index contributed by atoms with van der Waals surface area (Å²) in [5, 5.41) is 6.72. The molecule has 11 heteroatoms. The van der Waals surface area contributed by atoms with E-state index in [9.17, 15) is 26.4 Å². The molecule has 0 aliphatic carbocycles. The second-order valence-corrected chi connectivity index (χ2v) is 6.73. The molecule has 2 N–H and O–H groups in total. The number of hydrogen-bond donors (Lipinski definition) is 2. The second-order valence-electron chi connectivity index (χ2n) is 3.89. The van der Waals surface area contributed by atoms with Crippen molar-refractivity contribution >= 4 is 38.0 Å². The molecule has 1 aromatic heterocycles. The Morgan fingerprint density at radius 1 is 1.14 bits per heavy atom. The molecule has 0 atom stereocenters. The van der Waals surface area contributed by atoms with Gasteiger partial charge in [0.15, 0.2) is 5.13 Å². The van der Waals surface area contributed by atoms with Crippen molar-refractivity contribution in [3.63, 3.8) is 0 Å². The Morgan fingerprint density at radius 3 is 2.27 bits per heavy atom. The summed E-state index contributed by atoms with van der Waals surface area (Å²) >= 11 is 1.18. The molecule has 0 spiro atoms. The van der Waals surface area contributed by atoms with Gasteiger partial charge in [-0.05, 0) is 24.3 Å². The van der Waals surface area contributed by atoms with Crippen molar-refractivity contribution in [2.24, 2.45) is 0 Å². The highest BCUT2D eigenvalue weighted by atomic mass is 32.2. The standard InChI is InChI=1S/C11H8F3N3O3S2/c12-11(13,14)22(19,20)8-3-1-7(2-4-8)16-9(18)17-10-15-5-6-21-10/h1-6H,(H2,15,16,17,18). The molecular formula is C11H8F3N3O3S2. The quantitative estimate of drug-likeness (QED) is 0.889. The summed E-state index contributed by atoms with van der Waals surface area (Å²) in [6.45, 7) is 0. The van der Waals surface area contributed by atoms with Crippen molar-refractivity contribution in [3.05, 3.63) is 35.8 Å². The van der Waals surface area contributed by atoms with Crippen LogP contribution in [0.4, 0.5) is 28.8 Å². The molecule has 0 unspecified atom stereocenters. The number of aromatic nitrogens is 1. The monoisotopic (exact) mass is 351 g/mol. The van der Waals surface area contributed by atoms with Gasteiger partial charge >= 0.3 is 11.5 Å². The van der Waals surface area contributed by atoms with Crippen LogP contribution in [0.5, 0.6) is 0 Å². The number of urea groups is 1. The van der Waals surface area contributed by atoms with Gasteiger partial charge in [0.05, 0.1) is 4.90 Å². The molecule has 2 aromatic rings. The van der Waals surface area contributed by atoms with Crippen molar-refractivity contribution in [2.75, 3.05) is 10.6 Å². The number of thiazole rings is 1. The average Bonchev–Trinajstić information content (AvgIpc) is 2.90. The SMILES string of the molecule is O=C(Nc1ccc(S(=O)(=O)C(F)(F)F)cc1)Nc1nccs1. The summed E-state index contributed by atoms with van der Waals surface area (Å²) in [5.74, 6) is 0. The van der Waals surface area contributed by atoms with E-state index in [1.807, 2.05) is 0 Å². The molecule has 2 rings (SSSR count). The van der Waals surface area contributed by atoms with Crippen molar-refractivity contribution < 1.29 is 26.4 Å². The van der Waals surface area contributed by atoms with E-state index in [-0.39, 0.29) is 5.69 Å². The van der Waals surface area contributed by atoms with Crippen LogP contribution in [-0.4, -0.2) is 24.9 Å². The average molecular weight is 351 g/mol. The number of rotatable bonds is 3. The van der Waals surface area contributed by atoms with Crippen LogP contribution in [-0.2, 0) is 9.84 Å². The predicted octanol–water partition coefficient (Wildman–Crippen LogP) is 3.08. The number of nitrogens with one attached hydrogen (secondary N) is 2. The summed E-state index contributed by atoms with van der Waals surface area (Å²) in [5.41, 5.74) is -5.24. The minimum atomic E-state index is -5.40. The normalized spacial score (nSPS) is 12.0. The number of anilines is 2. The van der Waals surface area contributed by atoms with Gasteiger partial charge in [0.25, 0.3) is 9.84 Å². The number of halogens is 3. The largest absolute Gasteiger partial charge is 0.501 e. The van der Waals surface area contributed by atoms with E-state index in [2.05, 4.69) is 15.6 Å². The lowest BCUT2D eigenvalue weighted by Crippen LogP contribution is -2.23. The van der Waals surface area contributed by atoms with E-state index < -0.39 is 26.3 Å². The smallest absolute Gasteiger partial charge is 0.308 e. The first-order valence-corrected chi connectivity index (χ1v) is 7.95. The Bertz CT molecular complexity index is 756. The number of alkyl halides is 3. The Labute approximate surface area is 126 Å². The number of carbonyl (C=O) groups is 1. The van der Waals surface area contributed by atoms with Crippen molar-refractivity contribution in [2.45, 2.75) is 10.4 Å². The van der Waals surface area contributed by atoms with Gasteiger partial charge in [-0.3, -0.25) is 5.32 Å². The molecule has 0 fully saturated rings. The maximum absolute atomic E-state index is 12.4. The molecule has 0 saturated carbocycles. The van der Waals surface area contributed by atoms with Crippen LogP contribution in [0.3, 0.4) is 0 Å². The maximum Gasteiger partial charge on any atom is 0.501 e. The van der Waals surface area contributed by atoms with Gasteiger partial charge in [-0.15, -0.1) is 11.3 Å². The van der Waals surface area contributed by atoms with E-state index in [0.717, 1.165) is 24.3 Å². The van der Waals surface area contributed by atoms with Crippen LogP contribution in [0.1, 0.15) is 0 Å². The molecule has 0 radical (unpaired) electrons. The molecule has 6 nitrogen and oxygen atoms in total. The number of sulfone groups is 1. The fraction of sp³-hybridized carbons (Fsp3) is 0.0909. The highest BCUT2D eigenvalue weighted by molar-refractivity contribution is 7.92. The topological polar surface area (TPSA) is 88.2 Å². The van der Waals surface area contributed by atoms with E-state index >= 15 is 0 Å². The number of benzene rings is 1. The van der Waals surface area contributed by atoms with Gasteiger partial charge in [0, 0.05) is 17.3 Å². The van der Waals surface area contributed by atoms with Gasteiger partial charge in [-0.25, -0.2) is 18.2 Å². The third-order valence-electron chi connectivity index (χ3n) is 2.38. The molecule has 22 heavy (non-hydrogen) atoms. The molecule has 118 valence electrons. The lowest BCUT2D eigenvalue weighted by Gasteiger charge is -2.09. The van der Waals surface area contributed by atoms with Gasteiger partial charge in [0.2, 0.25) is 0 Å². The van der Waals surface area contributed by atoms with Gasteiger partial charge in [-0.1, -0.05) is 0 Å². The third kappa shape index (κ3) is 3.54.